The minimum Gasteiger partial charge on any atom is -0.389 e. The van der Waals surface area contributed by atoms with Gasteiger partial charge in [0.2, 0.25) is 0 Å². The topological polar surface area (TPSA) is 29.3 Å². The Labute approximate surface area is 114 Å². The van der Waals surface area contributed by atoms with Gasteiger partial charge in [-0.25, -0.2) is 4.39 Å². The van der Waals surface area contributed by atoms with Gasteiger partial charge in [0.05, 0.1) is 0 Å². The number of thiocarbonyl (C=S) groups is 1. The van der Waals surface area contributed by atoms with Crippen molar-refractivity contribution in [3.63, 3.8) is 0 Å². The number of halogens is 1. The normalized spacial score (nSPS) is 11.2. The fraction of sp³-hybridized carbons (Fsp3) is 0.500. The molecule has 0 aliphatic heterocycles. The van der Waals surface area contributed by atoms with E-state index >= 15 is 0 Å². The number of hydrogen-bond donors (Lipinski definition) is 1. The summed E-state index contributed by atoms with van der Waals surface area (Å²) in [4.78, 5) is 2.48. The largest absolute Gasteiger partial charge is 0.389 e. The smallest absolute Gasteiger partial charge is 0.128 e. The Morgan fingerprint density at radius 1 is 1.44 bits per heavy atom. The third kappa shape index (κ3) is 4.03. The Hall–Kier alpha value is -1.00. The van der Waals surface area contributed by atoms with Crippen LogP contribution in [0.2, 0.25) is 0 Å². The van der Waals surface area contributed by atoms with Crippen LogP contribution in [0.3, 0.4) is 0 Å². The van der Waals surface area contributed by atoms with Crippen LogP contribution in [0.15, 0.2) is 18.2 Å². The van der Waals surface area contributed by atoms with Gasteiger partial charge in [-0.3, -0.25) is 4.90 Å². The number of benzene rings is 1. The molecular formula is C14H21FN2S. The summed E-state index contributed by atoms with van der Waals surface area (Å²) in [5.74, 6) is -0.234. The molecule has 0 unspecified atom stereocenters. The molecule has 0 aliphatic rings. The second-order valence-electron chi connectivity index (χ2n) is 4.73. The highest BCUT2D eigenvalue weighted by atomic mass is 32.1. The lowest BCUT2D eigenvalue weighted by molar-refractivity contribution is 0.210. The van der Waals surface area contributed by atoms with Crippen LogP contribution < -0.4 is 5.73 Å². The quantitative estimate of drug-likeness (QED) is 0.804. The Morgan fingerprint density at radius 3 is 2.56 bits per heavy atom. The third-order valence-electron chi connectivity index (χ3n) is 2.95. The molecule has 0 fully saturated rings. The van der Waals surface area contributed by atoms with Gasteiger partial charge in [0.1, 0.15) is 10.8 Å². The van der Waals surface area contributed by atoms with Gasteiger partial charge in [-0.2, -0.15) is 0 Å². The number of rotatable bonds is 6. The van der Waals surface area contributed by atoms with Crippen molar-refractivity contribution in [1.29, 1.82) is 0 Å². The molecule has 0 radical (unpaired) electrons. The third-order valence-corrected chi connectivity index (χ3v) is 3.19. The summed E-state index contributed by atoms with van der Waals surface area (Å²) < 4.78 is 13.9. The van der Waals surface area contributed by atoms with Crippen molar-refractivity contribution in [1.82, 2.24) is 4.90 Å². The zero-order valence-corrected chi connectivity index (χ0v) is 12.1. The van der Waals surface area contributed by atoms with Crippen LogP contribution in [0.25, 0.3) is 0 Å². The van der Waals surface area contributed by atoms with Crippen molar-refractivity contribution in [3.05, 3.63) is 35.1 Å². The molecule has 18 heavy (non-hydrogen) atoms. The van der Waals surface area contributed by atoms with E-state index in [0.717, 1.165) is 13.0 Å². The Balaban J connectivity index is 2.86. The molecule has 2 nitrogen and oxygen atoms in total. The highest BCUT2D eigenvalue weighted by molar-refractivity contribution is 7.80. The monoisotopic (exact) mass is 268 g/mol. The van der Waals surface area contributed by atoms with Crippen LogP contribution >= 0.6 is 12.2 Å². The van der Waals surface area contributed by atoms with E-state index in [4.69, 9.17) is 18.0 Å². The lowest BCUT2D eigenvalue weighted by Gasteiger charge is -2.26. The maximum atomic E-state index is 13.9. The van der Waals surface area contributed by atoms with E-state index in [0.29, 0.717) is 23.7 Å². The molecular weight excluding hydrogens is 247 g/mol. The van der Waals surface area contributed by atoms with E-state index in [2.05, 4.69) is 25.7 Å². The average molecular weight is 268 g/mol. The van der Waals surface area contributed by atoms with E-state index in [-0.39, 0.29) is 10.8 Å². The van der Waals surface area contributed by atoms with E-state index < -0.39 is 0 Å². The minimum atomic E-state index is -0.234. The van der Waals surface area contributed by atoms with Gasteiger partial charge in [-0.05, 0) is 32.9 Å². The Bertz CT molecular complexity index is 418. The fourth-order valence-electron chi connectivity index (χ4n) is 1.85. The first kappa shape index (κ1) is 15.1. The molecule has 100 valence electrons. The van der Waals surface area contributed by atoms with Crippen LogP contribution in [-0.2, 0) is 6.54 Å². The maximum Gasteiger partial charge on any atom is 0.128 e. The van der Waals surface area contributed by atoms with Gasteiger partial charge in [0.15, 0.2) is 0 Å². The highest BCUT2D eigenvalue weighted by Crippen LogP contribution is 2.15. The standard InChI is InChI=1S/C14H21FN2S/c1-4-7-17(10(2)3)9-12-6-5-11(14(16)18)8-13(12)15/h5-6,8,10H,4,7,9H2,1-3H3,(H2,16,18). The van der Waals surface area contributed by atoms with E-state index in [1.807, 2.05) is 0 Å². The molecule has 0 bridgehead atoms. The van der Waals surface area contributed by atoms with Crippen LogP contribution in [0, 0.1) is 5.82 Å². The summed E-state index contributed by atoms with van der Waals surface area (Å²) in [6, 6.07) is 5.38. The van der Waals surface area contributed by atoms with Gasteiger partial charge >= 0.3 is 0 Å². The molecule has 1 rings (SSSR count). The first-order chi connectivity index (χ1) is 8.45. The average Bonchev–Trinajstić information content (AvgIpc) is 2.30. The summed E-state index contributed by atoms with van der Waals surface area (Å²) in [5.41, 5.74) is 6.76. The van der Waals surface area contributed by atoms with Crippen molar-refractivity contribution < 1.29 is 4.39 Å². The number of hydrogen-bond acceptors (Lipinski definition) is 2. The lowest BCUT2D eigenvalue weighted by Crippen LogP contribution is -2.31. The van der Waals surface area contributed by atoms with Crippen LogP contribution in [-0.4, -0.2) is 22.5 Å². The Kier molecular flexibility index (Phi) is 5.69. The molecule has 0 aliphatic carbocycles. The van der Waals surface area contributed by atoms with Crippen molar-refractivity contribution in [3.8, 4) is 0 Å². The van der Waals surface area contributed by atoms with E-state index in [1.165, 1.54) is 6.07 Å². The summed E-state index contributed by atoms with van der Waals surface area (Å²) in [6.45, 7) is 7.96. The molecule has 0 amide bonds. The molecule has 0 atom stereocenters. The SMILES string of the molecule is CCCN(Cc1ccc(C(N)=S)cc1F)C(C)C. The number of nitrogens with zero attached hydrogens (tertiary/aromatic N) is 1. The number of nitrogens with two attached hydrogens (primary N) is 1. The summed E-state index contributed by atoms with van der Waals surface area (Å²) in [6.07, 6.45) is 1.06. The Morgan fingerprint density at radius 2 is 2.11 bits per heavy atom. The predicted octanol–water partition coefficient (Wildman–Crippen LogP) is 3.08. The first-order valence-electron chi connectivity index (χ1n) is 6.28. The first-order valence-corrected chi connectivity index (χ1v) is 6.68. The van der Waals surface area contributed by atoms with Crippen molar-refractivity contribution in [2.75, 3.05) is 6.54 Å². The maximum absolute atomic E-state index is 13.9. The molecule has 0 heterocycles. The van der Waals surface area contributed by atoms with Gasteiger partial charge < -0.3 is 5.73 Å². The highest BCUT2D eigenvalue weighted by Gasteiger charge is 2.12. The minimum absolute atomic E-state index is 0.231. The molecule has 0 saturated carbocycles. The van der Waals surface area contributed by atoms with Gasteiger partial charge in [0.25, 0.3) is 0 Å². The molecule has 1 aromatic carbocycles. The zero-order valence-electron chi connectivity index (χ0n) is 11.2. The lowest BCUT2D eigenvalue weighted by atomic mass is 10.1. The van der Waals surface area contributed by atoms with Crippen molar-refractivity contribution >= 4 is 17.2 Å². The van der Waals surface area contributed by atoms with Gasteiger partial charge in [-0.15, -0.1) is 0 Å². The van der Waals surface area contributed by atoms with E-state index in [1.54, 1.807) is 12.1 Å². The second-order valence-corrected chi connectivity index (χ2v) is 5.17. The van der Waals surface area contributed by atoms with Crippen LogP contribution in [0.4, 0.5) is 4.39 Å². The molecule has 0 spiro atoms. The van der Waals surface area contributed by atoms with Crippen molar-refractivity contribution in [2.45, 2.75) is 39.8 Å². The second kappa shape index (κ2) is 6.81. The van der Waals surface area contributed by atoms with E-state index in [9.17, 15) is 4.39 Å². The molecule has 0 aromatic heterocycles. The van der Waals surface area contributed by atoms with Crippen molar-refractivity contribution in [2.24, 2.45) is 5.73 Å². The molecule has 4 heteroatoms. The van der Waals surface area contributed by atoms with Crippen LogP contribution in [0.5, 0.6) is 0 Å². The van der Waals surface area contributed by atoms with Crippen LogP contribution in [0.1, 0.15) is 38.3 Å². The van der Waals surface area contributed by atoms with Gasteiger partial charge in [0, 0.05) is 23.7 Å². The molecule has 0 saturated heterocycles. The summed E-state index contributed by atoms with van der Waals surface area (Å²) in [5, 5.41) is 0. The predicted molar refractivity (Wildman–Crippen MR) is 78.1 cm³/mol. The molecule has 2 N–H and O–H groups in total. The fourth-order valence-corrected chi connectivity index (χ4v) is 1.98. The molecule has 1 aromatic rings. The van der Waals surface area contributed by atoms with Gasteiger partial charge in [-0.1, -0.05) is 31.3 Å². The zero-order chi connectivity index (χ0) is 13.7. The summed E-state index contributed by atoms with van der Waals surface area (Å²) in [7, 11) is 0. The summed E-state index contributed by atoms with van der Waals surface area (Å²) >= 11 is 4.84.